The fourth-order valence-electron chi connectivity index (χ4n) is 1.51. The van der Waals surface area contributed by atoms with Crippen molar-refractivity contribution in [1.82, 2.24) is 10.2 Å². The van der Waals surface area contributed by atoms with E-state index in [4.69, 9.17) is 11.6 Å². The topological polar surface area (TPSA) is 59.2 Å². The van der Waals surface area contributed by atoms with E-state index in [1.807, 2.05) is 0 Å². The summed E-state index contributed by atoms with van der Waals surface area (Å²) in [6, 6.07) is -0.435. The van der Waals surface area contributed by atoms with Crippen LogP contribution in [0, 0.1) is 5.92 Å². The highest BCUT2D eigenvalue weighted by atomic mass is 35.5. The predicted octanol–water partition coefficient (Wildman–Crippen LogP) is 1.68. The van der Waals surface area contributed by atoms with E-state index in [1.54, 1.807) is 0 Å². The highest BCUT2D eigenvalue weighted by molar-refractivity contribution is 6.18. The summed E-state index contributed by atoms with van der Waals surface area (Å²) in [6.45, 7) is 0.196. The second-order valence-electron chi connectivity index (χ2n) is 3.62. The molecule has 0 aromatic carbocycles. The molecule has 94 valence electrons. The molecular weight excluding hydrogens is 263 g/mol. The third-order valence-corrected chi connectivity index (χ3v) is 2.75. The van der Waals surface area contributed by atoms with Gasteiger partial charge in [0.15, 0.2) is 0 Å². The minimum atomic E-state index is -4.71. The van der Waals surface area contributed by atoms with Crippen molar-refractivity contribution >= 4 is 23.5 Å². The van der Waals surface area contributed by atoms with E-state index < -0.39 is 18.1 Å². The Bertz CT molecular complexity index is 434. The van der Waals surface area contributed by atoms with Gasteiger partial charge in [-0.3, -0.25) is 9.69 Å². The lowest BCUT2D eigenvalue weighted by molar-refractivity contribution is -0.157. The van der Waals surface area contributed by atoms with Gasteiger partial charge in [0.05, 0.1) is 0 Å². The number of carbonyl (C=O) groups is 1. The van der Waals surface area contributed by atoms with Gasteiger partial charge in [-0.15, -0.1) is 16.7 Å². The quantitative estimate of drug-likeness (QED) is 0.767. The molecule has 1 unspecified atom stereocenters. The fourth-order valence-corrected chi connectivity index (χ4v) is 1.72. The Kier molecular flexibility index (Phi) is 2.98. The van der Waals surface area contributed by atoms with Crippen LogP contribution in [0.1, 0.15) is 12.3 Å². The van der Waals surface area contributed by atoms with Crippen LogP contribution in [0.2, 0.25) is 0 Å². The van der Waals surface area contributed by atoms with Gasteiger partial charge in [-0.2, -0.15) is 13.2 Å². The number of hydrogen-bond acceptors (Lipinski definition) is 4. The summed E-state index contributed by atoms with van der Waals surface area (Å²) in [6.07, 6.45) is -4.53. The molecule has 17 heavy (non-hydrogen) atoms. The van der Waals surface area contributed by atoms with Gasteiger partial charge >= 0.3 is 18.1 Å². The van der Waals surface area contributed by atoms with Crippen LogP contribution in [0.15, 0.2) is 4.42 Å². The van der Waals surface area contributed by atoms with E-state index in [-0.39, 0.29) is 30.7 Å². The smallest absolute Gasteiger partial charge is 0.399 e. The van der Waals surface area contributed by atoms with Crippen molar-refractivity contribution in [3.8, 4) is 0 Å². The fraction of sp³-hybridized carbons (Fsp3) is 0.625. The SMILES string of the molecule is O=C1CC(CCl)CN1c1nnc(C(F)(F)F)o1. The molecule has 2 heterocycles. The van der Waals surface area contributed by atoms with Crippen LogP contribution in [-0.4, -0.2) is 28.5 Å². The number of alkyl halides is 4. The van der Waals surface area contributed by atoms with Crippen LogP contribution in [0.4, 0.5) is 19.2 Å². The molecule has 5 nitrogen and oxygen atoms in total. The first-order valence-corrected chi connectivity index (χ1v) is 5.22. The summed E-state index contributed by atoms with van der Waals surface area (Å²) < 4.78 is 41.0. The number of halogens is 4. The summed E-state index contributed by atoms with van der Waals surface area (Å²) in [5, 5.41) is 6.06. The van der Waals surface area contributed by atoms with Crippen molar-refractivity contribution in [2.45, 2.75) is 12.6 Å². The summed E-state index contributed by atoms with van der Waals surface area (Å²) >= 11 is 5.58. The second-order valence-corrected chi connectivity index (χ2v) is 3.92. The minimum Gasteiger partial charge on any atom is -0.399 e. The third-order valence-electron chi connectivity index (χ3n) is 2.31. The number of amides is 1. The summed E-state index contributed by atoms with van der Waals surface area (Å²) in [5.41, 5.74) is 0. The molecule has 0 N–H and O–H groups in total. The molecular formula is C8H7ClF3N3O2. The van der Waals surface area contributed by atoms with Crippen LogP contribution in [0.5, 0.6) is 0 Å². The van der Waals surface area contributed by atoms with Crippen LogP contribution >= 0.6 is 11.6 Å². The number of carbonyl (C=O) groups excluding carboxylic acids is 1. The maximum absolute atomic E-state index is 12.2. The van der Waals surface area contributed by atoms with Gasteiger partial charge in [-0.25, -0.2) is 0 Å². The lowest BCUT2D eigenvalue weighted by atomic mass is 10.2. The number of nitrogens with zero attached hydrogens (tertiary/aromatic N) is 3. The molecule has 0 aliphatic carbocycles. The molecule has 1 aromatic rings. The van der Waals surface area contributed by atoms with E-state index in [1.165, 1.54) is 0 Å². The first-order chi connectivity index (χ1) is 7.91. The Balaban J connectivity index is 2.19. The van der Waals surface area contributed by atoms with Crippen LogP contribution in [-0.2, 0) is 11.0 Å². The van der Waals surface area contributed by atoms with Crippen molar-refractivity contribution in [1.29, 1.82) is 0 Å². The van der Waals surface area contributed by atoms with Gasteiger partial charge < -0.3 is 4.42 Å². The van der Waals surface area contributed by atoms with Gasteiger partial charge in [0.2, 0.25) is 5.91 Å². The van der Waals surface area contributed by atoms with E-state index in [9.17, 15) is 18.0 Å². The normalized spacial score (nSPS) is 21.3. The summed E-state index contributed by atoms with van der Waals surface area (Å²) in [7, 11) is 0. The zero-order chi connectivity index (χ0) is 12.6. The molecule has 9 heteroatoms. The number of anilines is 1. The Morgan fingerprint density at radius 2 is 2.18 bits per heavy atom. The molecule has 1 saturated heterocycles. The molecule has 1 aliphatic heterocycles. The molecule has 1 fully saturated rings. The molecule has 1 aromatic heterocycles. The van der Waals surface area contributed by atoms with Gasteiger partial charge in [0.1, 0.15) is 0 Å². The molecule has 2 rings (SSSR count). The lowest BCUT2D eigenvalue weighted by Gasteiger charge is -2.09. The van der Waals surface area contributed by atoms with E-state index in [0.717, 1.165) is 4.90 Å². The third kappa shape index (κ3) is 2.36. The van der Waals surface area contributed by atoms with Crippen molar-refractivity contribution < 1.29 is 22.4 Å². The Hall–Kier alpha value is -1.31. The van der Waals surface area contributed by atoms with Gasteiger partial charge in [-0.1, -0.05) is 5.10 Å². The van der Waals surface area contributed by atoms with Gasteiger partial charge in [-0.05, 0) is 5.92 Å². The number of aromatic nitrogens is 2. The molecule has 0 radical (unpaired) electrons. The maximum atomic E-state index is 12.2. The second kappa shape index (κ2) is 4.17. The molecule has 0 spiro atoms. The largest absolute Gasteiger partial charge is 0.470 e. The highest BCUT2D eigenvalue weighted by Crippen LogP contribution is 2.31. The first-order valence-electron chi connectivity index (χ1n) is 4.69. The lowest BCUT2D eigenvalue weighted by Crippen LogP contribution is -2.25. The van der Waals surface area contributed by atoms with E-state index in [0.29, 0.717) is 0 Å². The number of rotatable bonds is 2. The van der Waals surface area contributed by atoms with Crippen LogP contribution < -0.4 is 4.90 Å². The Labute approximate surface area is 98.5 Å². The number of hydrogen-bond donors (Lipinski definition) is 0. The Morgan fingerprint density at radius 3 is 2.65 bits per heavy atom. The van der Waals surface area contributed by atoms with Crippen LogP contribution in [0.3, 0.4) is 0 Å². The van der Waals surface area contributed by atoms with Crippen LogP contribution in [0.25, 0.3) is 0 Å². The average Bonchev–Trinajstić information content (AvgIpc) is 2.82. The molecule has 1 amide bonds. The van der Waals surface area contributed by atoms with Gasteiger partial charge in [0, 0.05) is 18.8 Å². The van der Waals surface area contributed by atoms with E-state index >= 15 is 0 Å². The minimum absolute atomic E-state index is 0.106. The monoisotopic (exact) mass is 269 g/mol. The van der Waals surface area contributed by atoms with Crippen molar-refractivity contribution in [3.05, 3.63) is 5.89 Å². The zero-order valence-corrected chi connectivity index (χ0v) is 9.12. The Morgan fingerprint density at radius 1 is 1.47 bits per heavy atom. The standard InChI is InChI=1S/C8H7ClF3N3O2/c9-2-4-1-5(16)15(3-4)7-14-13-6(17-7)8(10,11)12/h4H,1-3H2. The molecule has 0 saturated carbocycles. The average molecular weight is 270 g/mol. The summed E-state index contributed by atoms with van der Waals surface area (Å²) in [4.78, 5) is 12.5. The summed E-state index contributed by atoms with van der Waals surface area (Å²) in [5.74, 6) is -1.68. The van der Waals surface area contributed by atoms with E-state index in [2.05, 4.69) is 14.6 Å². The van der Waals surface area contributed by atoms with Crippen molar-refractivity contribution in [3.63, 3.8) is 0 Å². The van der Waals surface area contributed by atoms with Gasteiger partial charge in [0.25, 0.3) is 0 Å². The highest BCUT2D eigenvalue weighted by Gasteiger charge is 2.40. The zero-order valence-electron chi connectivity index (χ0n) is 8.37. The van der Waals surface area contributed by atoms with Crippen molar-refractivity contribution in [2.24, 2.45) is 5.92 Å². The molecule has 1 atom stereocenters. The van der Waals surface area contributed by atoms with Crippen molar-refractivity contribution in [2.75, 3.05) is 17.3 Å². The first kappa shape index (κ1) is 12.2. The maximum Gasteiger partial charge on any atom is 0.470 e. The molecule has 0 bridgehead atoms. The predicted molar refractivity (Wildman–Crippen MR) is 50.5 cm³/mol. The molecule has 1 aliphatic rings.